The molecule has 0 atom stereocenters. The van der Waals surface area contributed by atoms with Crippen LogP contribution in [-0.4, -0.2) is 116 Å². The van der Waals surface area contributed by atoms with Gasteiger partial charge in [0.25, 0.3) is 11.4 Å². The predicted molar refractivity (Wildman–Crippen MR) is 116 cm³/mol. The molecular weight excluding hydrogens is 1350 g/mol. The summed E-state index contributed by atoms with van der Waals surface area (Å²) < 4.78 is 17.1. The number of rotatable bonds is 6. The summed E-state index contributed by atoms with van der Waals surface area (Å²) in [6.45, 7) is 0. The number of nitro benzene ring substituents is 2. The number of hydrogen-bond acceptors (Lipinski definition) is 20. The van der Waals surface area contributed by atoms with E-state index in [0.717, 1.165) is 12.1 Å². The van der Waals surface area contributed by atoms with Gasteiger partial charge in [0.2, 0.25) is 0 Å². The Morgan fingerprint density at radius 3 is 0.689 bits per heavy atom. The first-order valence-electron chi connectivity index (χ1n) is 8.74. The number of carbonyl (C=O) groups excluding carboxylic acids is 4. The van der Waals surface area contributed by atoms with E-state index in [1.54, 1.807) is 0 Å². The van der Waals surface area contributed by atoms with E-state index in [2.05, 4.69) is 0 Å². The van der Waals surface area contributed by atoms with Crippen molar-refractivity contribution in [2.24, 2.45) is 0 Å². The summed E-state index contributed by atoms with van der Waals surface area (Å²) in [5, 5.41) is 62.3. The standard InChI is InChI=1S/2C8H5NO6.2H3O4P.3Pb.2Zn/c2*10-7(11)4-1-5(8(12)13)3-6(2-4)9(14)15;2*1-5(2,3)4;;;;;/h2*1-3H,(H,10,11)(H,12,13);2*(H3,1,2,3,4);;;;;/q;;;;5*+2/p-10. The van der Waals surface area contributed by atoms with Gasteiger partial charge in [0, 0.05) is 46.5 Å². The zero-order valence-corrected chi connectivity index (χ0v) is 40.7. The largest absolute Gasteiger partial charge is 2.00 e. The van der Waals surface area contributed by atoms with E-state index in [9.17, 15) is 59.8 Å². The number of aromatic carboxylic acids is 4. The number of non-ortho nitro benzene ring substituents is 2. The molecule has 22 nitrogen and oxygen atoms in total. The number of nitrogens with zero attached hydrogens (tertiary/aromatic N) is 2. The zero-order valence-electron chi connectivity index (χ0n) is 21.3. The van der Waals surface area contributed by atoms with Crippen LogP contribution in [0.15, 0.2) is 36.4 Å². The van der Waals surface area contributed by atoms with Gasteiger partial charge in [-0.25, -0.2) is 0 Å². The molecule has 0 aliphatic carbocycles. The normalized spacial score (nSPS) is 9.02. The van der Waals surface area contributed by atoms with Crippen molar-refractivity contribution >= 4 is 133 Å². The first-order valence-corrected chi connectivity index (χ1v) is 11.7. The van der Waals surface area contributed by atoms with Crippen LogP contribution in [0.4, 0.5) is 11.4 Å². The fourth-order valence-electron chi connectivity index (χ4n) is 1.90. The molecule has 0 saturated heterocycles. The Morgan fingerprint density at radius 1 is 0.467 bits per heavy atom. The van der Waals surface area contributed by atoms with E-state index in [1.807, 2.05) is 0 Å². The van der Waals surface area contributed by atoms with Gasteiger partial charge in [0.05, 0.1) is 33.7 Å². The van der Waals surface area contributed by atoms with Crippen LogP contribution in [0.3, 0.4) is 0 Å². The van der Waals surface area contributed by atoms with E-state index in [4.69, 9.17) is 38.5 Å². The number of nitro groups is 2. The second kappa shape index (κ2) is 27.3. The van der Waals surface area contributed by atoms with E-state index < -0.39 is 83.0 Å². The third kappa shape index (κ3) is 33.1. The van der Waals surface area contributed by atoms with Crippen LogP contribution in [0, 0.1) is 20.2 Å². The van der Waals surface area contributed by atoms with Crippen LogP contribution >= 0.6 is 15.6 Å². The summed E-state index contributed by atoms with van der Waals surface area (Å²) in [5.41, 5.74) is -3.61. The quantitative estimate of drug-likeness (QED) is 0.112. The SMILES string of the molecule is O=C([O-])c1cc(C(=O)[O-])cc([N+](=O)[O-])c1.O=C([O-])c1cc(C(=O)[O-])cc([N+](=O)[O-])c1.O=P([O-])([O-])[O-].O=P([O-])([O-])[O-].[Pb+2].[Pb+2].[Pb+2].[Zn+2].[Zn+2]. The number of carboxylic acids is 4. The summed E-state index contributed by atoms with van der Waals surface area (Å²) in [4.78, 5) is 112. The fourth-order valence-corrected chi connectivity index (χ4v) is 1.90. The number of hydrogen-bond donors (Lipinski definition) is 0. The van der Waals surface area contributed by atoms with Crippen molar-refractivity contribution in [3.8, 4) is 0 Å². The molecule has 0 fully saturated rings. The first-order chi connectivity index (χ1) is 17.8. The molecule has 226 valence electrons. The monoisotopic (exact) mass is 1360 g/mol. The zero-order chi connectivity index (χ0) is 32.2. The second-order valence-electron chi connectivity index (χ2n) is 6.10. The Labute approximate surface area is 335 Å². The molecule has 0 N–H and O–H groups in total. The summed E-state index contributed by atoms with van der Waals surface area (Å²) in [6.07, 6.45) is 0. The first kappa shape index (κ1) is 59.7. The van der Waals surface area contributed by atoms with E-state index in [-0.39, 0.29) is 121 Å². The van der Waals surface area contributed by atoms with Crippen molar-refractivity contribution in [2.75, 3.05) is 0 Å². The number of carbonyl (C=O) groups is 4. The van der Waals surface area contributed by atoms with Gasteiger partial charge in [-0.2, -0.15) is 15.6 Å². The van der Waals surface area contributed by atoms with E-state index in [1.165, 1.54) is 0 Å². The molecule has 0 unspecified atom stereocenters. The molecule has 0 aromatic heterocycles. The predicted octanol–water partition coefficient (Wildman–Crippen LogP) is -10.2. The molecule has 0 aliphatic heterocycles. The number of phosphoric acid groups is 2. The Hall–Kier alpha value is -0.647. The molecule has 2 aromatic rings. The van der Waals surface area contributed by atoms with Crippen molar-refractivity contribution in [1.82, 2.24) is 0 Å². The minimum absolute atomic E-state index is 0. The third-order valence-corrected chi connectivity index (χ3v) is 3.20. The van der Waals surface area contributed by atoms with Crippen molar-refractivity contribution in [2.45, 2.75) is 0 Å². The smallest absolute Gasteiger partial charge is 0.822 e. The summed E-state index contributed by atoms with van der Waals surface area (Å²) in [5.74, 6) is -6.77. The van der Waals surface area contributed by atoms with Crippen LogP contribution < -0.4 is 49.8 Å². The second-order valence-corrected chi connectivity index (χ2v) is 7.88. The van der Waals surface area contributed by atoms with Crippen molar-refractivity contribution in [3.63, 3.8) is 0 Å². The molecule has 2 rings (SSSR count). The Balaban J connectivity index is -0.0000000912. The van der Waals surface area contributed by atoms with Gasteiger partial charge in [-0.15, -0.1) is 0 Å². The summed E-state index contributed by atoms with van der Waals surface area (Å²) in [7, 11) is -10.8. The van der Waals surface area contributed by atoms with Crippen LogP contribution in [0.5, 0.6) is 0 Å². The van der Waals surface area contributed by atoms with Crippen LogP contribution in [0.25, 0.3) is 0 Å². The van der Waals surface area contributed by atoms with Gasteiger partial charge in [-0.3, -0.25) is 20.2 Å². The fraction of sp³-hybridized carbons (Fsp3) is 0. The maximum Gasteiger partial charge on any atom is 2.00 e. The van der Waals surface area contributed by atoms with Crippen LogP contribution in [0.1, 0.15) is 41.4 Å². The Bertz CT molecular complexity index is 1140. The molecule has 29 heteroatoms. The molecule has 6 radical (unpaired) electrons. The van der Waals surface area contributed by atoms with Gasteiger partial charge >= 0.3 is 121 Å². The average molecular weight is 1360 g/mol. The average Bonchev–Trinajstić information content (AvgIpc) is 2.76. The van der Waals surface area contributed by atoms with E-state index >= 15 is 0 Å². The van der Waals surface area contributed by atoms with Crippen molar-refractivity contribution in [3.05, 3.63) is 78.9 Å². The van der Waals surface area contributed by atoms with Gasteiger partial charge < -0.3 is 78.1 Å². The molecule has 0 bridgehead atoms. The maximum atomic E-state index is 10.4. The summed E-state index contributed by atoms with van der Waals surface area (Å²) in [6, 6.07) is 4.31. The van der Waals surface area contributed by atoms with E-state index in [0.29, 0.717) is 24.3 Å². The Kier molecular flexibility index (Phi) is 36.3. The van der Waals surface area contributed by atoms with Crippen LogP contribution in [0.2, 0.25) is 0 Å². The Morgan fingerprint density at radius 2 is 0.600 bits per heavy atom. The molecule has 0 heterocycles. The molecule has 0 aliphatic rings. The molecule has 0 amide bonds. The van der Waals surface area contributed by atoms with Gasteiger partial charge in [-0.1, -0.05) is 0 Å². The van der Waals surface area contributed by atoms with Gasteiger partial charge in [-0.05, 0) is 12.1 Å². The number of carboxylic acid groups (broad SMARTS) is 4. The van der Waals surface area contributed by atoms with Gasteiger partial charge in [0.15, 0.2) is 0 Å². The molecule has 0 saturated carbocycles. The summed E-state index contributed by atoms with van der Waals surface area (Å²) >= 11 is 0. The molecule has 45 heavy (non-hydrogen) atoms. The van der Waals surface area contributed by atoms with Crippen LogP contribution in [-0.2, 0) is 48.1 Å². The third-order valence-electron chi connectivity index (χ3n) is 3.20. The van der Waals surface area contributed by atoms with Crippen molar-refractivity contribution in [1.29, 1.82) is 0 Å². The minimum Gasteiger partial charge on any atom is -0.822 e. The van der Waals surface area contributed by atoms with Crippen molar-refractivity contribution < 1.29 is 127 Å². The molecular formula is C16H6N2O20P2Pb3Zn2. The minimum atomic E-state index is -5.39. The molecule has 2 aromatic carbocycles. The topological polar surface area (TPSA) is 419 Å². The maximum absolute atomic E-state index is 10.4. The molecule has 0 spiro atoms. The van der Waals surface area contributed by atoms with Gasteiger partial charge in [0.1, 0.15) is 0 Å². The number of benzene rings is 2.